The van der Waals surface area contributed by atoms with Crippen LogP contribution in [0.5, 0.6) is 0 Å². The molecule has 3 rings (SSSR count). The number of carbonyl (C=O) groups excluding carboxylic acids is 1. The highest BCUT2D eigenvalue weighted by Crippen LogP contribution is 2.20. The third-order valence-electron chi connectivity index (χ3n) is 4.11. The average molecular weight is 386 g/mol. The van der Waals surface area contributed by atoms with Gasteiger partial charge in [-0.2, -0.15) is 0 Å². The van der Waals surface area contributed by atoms with Crippen LogP contribution in [0.2, 0.25) is 0 Å². The third-order valence-corrected chi connectivity index (χ3v) is 5.12. The first-order valence-corrected chi connectivity index (χ1v) is 9.58. The van der Waals surface area contributed by atoms with E-state index in [2.05, 4.69) is 38.2 Å². The Bertz CT molecular complexity index is 945. The Balaban J connectivity index is 1.86. The molecule has 0 aliphatic carbocycles. The maximum atomic E-state index is 12.1. The normalized spacial score (nSPS) is 11.1. The van der Waals surface area contributed by atoms with Crippen molar-refractivity contribution >= 4 is 17.3 Å². The molecule has 3 heterocycles. The van der Waals surface area contributed by atoms with E-state index in [-0.39, 0.29) is 12.3 Å². The molecule has 0 unspecified atom stereocenters. The molecule has 0 radical (unpaired) electrons. The molecule has 0 aromatic carbocycles. The molecule has 0 fully saturated rings. The van der Waals surface area contributed by atoms with Gasteiger partial charge in [0, 0.05) is 30.7 Å². The number of ether oxygens (including phenoxy) is 1. The number of nitrogens with zero attached hydrogens (tertiary/aromatic N) is 2. The summed E-state index contributed by atoms with van der Waals surface area (Å²) in [4.78, 5) is 37.0. The number of aromatic amines is 2. The van der Waals surface area contributed by atoms with Gasteiger partial charge in [-0.25, -0.2) is 9.59 Å². The largest absolute Gasteiger partial charge is 0.461 e. The second-order valence-corrected chi connectivity index (χ2v) is 7.15. The molecule has 3 aromatic heterocycles. The van der Waals surface area contributed by atoms with Crippen molar-refractivity contribution < 1.29 is 9.53 Å². The monoisotopic (exact) mass is 386 g/mol. The lowest BCUT2D eigenvalue weighted by Gasteiger charge is -2.21. The molecule has 0 aliphatic heterocycles. The summed E-state index contributed by atoms with van der Waals surface area (Å²) >= 11 is 1.69. The number of imidazole rings is 1. The maximum Gasteiger partial charge on any atom is 0.356 e. The summed E-state index contributed by atoms with van der Waals surface area (Å²) in [6.07, 6.45) is 1.76. The molecular formula is C19H22N4O3S. The van der Waals surface area contributed by atoms with Gasteiger partial charge >= 0.3 is 11.7 Å². The quantitative estimate of drug-likeness (QED) is 0.581. The van der Waals surface area contributed by atoms with E-state index in [1.54, 1.807) is 24.5 Å². The van der Waals surface area contributed by atoms with E-state index in [9.17, 15) is 9.59 Å². The van der Waals surface area contributed by atoms with Crippen LogP contribution < -0.4 is 5.69 Å². The van der Waals surface area contributed by atoms with Crippen LogP contribution in [0.15, 0.2) is 40.6 Å². The van der Waals surface area contributed by atoms with Crippen molar-refractivity contribution in [2.75, 3.05) is 6.61 Å². The predicted molar refractivity (Wildman–Crippen MR) is 104 cm³/mol. The topological polar surface area (TPSA) is 91.1 Å². The van der Waals surface area contributed by atoms with Gasteiger partial charge in [0.1, 0.15) is 5.69 Å². The van der Waals surface area contributed by atoms with Crippen LogP contribution in [0.3, 0.4) is 0 Å². The number of thiophene rings is 1. The van der Waals surface area contributed by atoms with Crippen LogP contribution in [0.25, 0.3) is 0 Å². The van der Waals surface area contributed by atoms with Crippen molar-refractivity contribution in [2.24, 2.45) is 0 Å². The van der Waals surface area contributed by atoms with Crippen LogP contribution in [0.1, 0.15) is 39.2 Å². The fraction of sp³-hybridized carbons (Fsp3) is 0.316. The summed E-state index contributed by atoms with van der Waals surface area (Å²) in [5.74, 6) is -0.532. The molecule has 0 saturated carbocycles. The van der Waals surface area contributed by atoms with Crippen molar-refractivity contribution in [3.05, 3.63) is 73.8 Å². The molecule has 0 amide bonds. The second kappa shape index (κ2) is 8.79. The van der Waals surface area contributed by atoms with Gasteiger partial charge in [-0.05, 0) is 43.0 Å². The Morgan fingerprint density at radius 1 is 1.22 bits per heavy atom. The first kappa shape index (κ1) is 19.1. The van der Waals surface area contributed by atoms with Crippen LogP contribution >= 0.6 is 11.3 Å². The minimum absolute atomic E-state index is 0.177. The predicted octanol–water partition coefficient (Wildman–Crippen LogP) is 2.85. The zero-order valence-electron chi connectivity index (χ0n) is 15.3. The number of H-pyrrole nitrogens is 2. The van der Waals surface area contributed by atoms with Crippen LogP contribution in [0, 0.1) is 6.92 Å². The molecule has 27 heavy (non-hydrogen) atoms. The number of hydrogen-bond donors (Lipinski definition) is 2. The highest BCUT2D eigenvalue weighted by molar-refractivity contribution is 7.10. The minimum atomic E-state index is -0.532. The minimum Gasteiger partial charge on any atom is -0.461 e. The standard InChI is InChI=1S/C19H22N4O3S/c1-3-26-18(24)17-15(21-19(25)22-17)11-23(10-14-6-4-5-8-20-14)12-16-13(2)7-9-27-16/h4-9H,3,10-12H2,1-2H3,(H2,21,22,25). The van der Waals surface area contributed by atoms with Gasteiger partial charge in [0.05, 0.1) is 18.0 Å². The van der Waals surface area contributed by atoms with Gasteiger partial charge in [0.2, 0.25) is 0 Å². The van der Waals surface area contributed by atoms with Crippen LogP contribution in [0.4, 0.5) is 0 Å². The average Bonchev–Trinajstić information content (AvgIpc) is 3.21. The summed E-state index contributed by atoms with van der Waals surface area (Å²) < 4.78 is 5.05. The first-order chi connectivity index (χ1) is 13.1. The third kappa shape index (κ3) is 4.93. The SMILES string of the molecule is CCOC(=O)c1[nH]c(=O)[nH]c1CN(Cc1ccccn1)Cc1sccc1C. The molecule has 3 aromatic rings. The summed E-state index contributed by atoms with van der Waals surface area (Å²) in [6, 6.07) is 7.86. The van der Waals surface area contributed by atoms with E-state index >= 15 is 0 Å². The number of rotatable bonds is 8. The van der Waals surface area contributed by atoms with Gasteiger partial charge in [0.15, 0.2) is 0 Å². The number of esters is 1. The summed E-state index contributed by atoms with van der Waals surface area (Å²) in [5, 5.41) is 2.06. The number of pyridine rings is 1. The number of hydrogen-bond acceptors (Lipinski definition) is 6. The van der Waals surface area contributed by atoms with E-state index in [4.69, 9.17) is 4.74 Å². The molecule has 0 bridgehead atoms. The molecule has 142 valence electrons. The Labute approximate surface area is 161 Å². The van der Waals surface area contributed by atoms with Crippen LogP contribution in [-0.4, -0.2) is 32.4 Å². The summed E-state index contributed by atoms with van der Waals surface area (Å²) in [6.45, 7) is 5.73. The highest BCUT2D eigenvalue weighted by Gasteiger charge is 2.20. The van der Waals surface area contributed by atoms with E-state index < -0.39 is 11.7 Å². The van der Waals surface area contributed by atoms with Gasteiger partial charge in [-0.15, -0.1) is 11.3 Å². The van der Waals surface area contributed by atoms with E-state index in [1.165, 1.54) is 10.4 Å². The van der Waals surface area contributed by atoms with Gasteiger partial charge < -0.3 is 9.72 Å². The fourth-order valence-electron chi connectivity index (χ4n) is 2.80. The lowest BCUT2D eigenvalue weighted by Crippen LogP contribution is -2.24. The number of aromatic nitrogens is 3. The lowest BCUT2D eigenvalue weighted by molar-refractivity contribution is 0.0517. The fourth-order valence-corrected chi connectivity index (χ4v) is 3.74. The molecule has 0 saturated heterocycles. The van der Waals surface area contributed by atoms with Crippen molar-refractivity contribution in [3.63, 3.8) is 0 Å². The van der Waals surface area contributed by atoms with E-state index in [0.29, 0.717) is 25.3 Å². The van der Waals surface area contributed by atoms with Gasteiger partial charge in [0.25, 0.3) is 0 Å². The van der Waals surface area contributed by atoms with Crippen LogP contribution in [-0.2, 0) is 24.4 Å². The first-order valence-electron chi connectivity index (χ1n) is 8.70. The Morgan fingerprint density at radius 2 is 2.07 bits per heavy atom. The van der Waals surface area contributed by atoms with Gasteiger partial charge in [-0.3, -0.25) is 14.9 Å². The van der Waals surface area contributed by atoms with Crippen molar-refractivity contribution in [2.45, 2.75) is 33.5 Å². The zero-order valence-corrected chi connectivity index (χ0v) is 16.1. The highest BCUT2D eigenvalue weighted by atomic mass is 32.1. The zero-order chi connectivity index (χ0) is 19.2. The van der Waals surface area contributed by atoms with E-state index in [1.807, 2.05) is 18.2 Å². The van der Waals surface area contributed by atoms with E-state index in [0.717, 1.165) is 5.69 Å². The maximum absolute atomic E-state index is 12.1. The van der Waals surface area contributed by atoms with Crippen molar-refractivity contribution in [1.82, 2.24) is 19.9 Å². The second-order valence-electron chi connectivity index (χ2n) is 6.15. The van der Waals surface area contributed by atoms with Crippen molar-refractivity contribution in [1.29, 1.82) is 0 Å². The molecule has 0 aliphatic rings. The summed E-state index contributed by atoms with van der Waals surface area (Å²) in [5.41, 5.74) is 2.42. The lowest BCUT2D eigenvalue weighted by atomic mass is 10.2. The van der Waals surface area contributed by atoms with Crippen molar-refractivity contribution in [3.8, 4) is 0 Å². The molecule has 7 nitrogen and oxygen atoms in total. The molecule has 2 N–H and O–H groups in total. The Kier molecular flexibility index (Phi) is 6.20. The molecule has 0 spiro atoms. The Morgan fingerprint density at radius 3 is 2.74 bits per heavy atom. The molecule has 0 atom stereocenters. The molecule has 8 heteroatoms. The molecular weight excluding hydrogens is 364 g/mol. The number of aryl methyl sites for hydroxylation is 1. The van der Waals surface area contributed by atoms with Gasteiger partial charge in [-0.1, -0.05) is 6.07 Å². The summed E-state index contributed by atoms with van der Waals surface area (Å²) in [7, 11) is 0. The smallest absolute Gasteiger partial charge is 0.356 e. The number of carbonyl (C=O) groups is 1. The number of nitrogens with one attached hydrogen (secondary N) is 2. The Hall–Kier alpha value is -2.71.